The van der Waals surface area contributed by atoms with Gasteiger partial charge in [0.2, 0.25) is 0 Å². The quantitative estimate of drug-likeness (QED) is 0.811. The molecular weight excluding hydrogens is 276 g/mol. The lowest BCUT2D eigenvalue weighted by molar-refractivity contribution is 0.101. The molecule has 1 aliphatic rings. The fraction of sp³-hybridized carbons (Fsp3) is 0.778. The Hall–Kier alpha value is -0.380. The van der Waals surface area contributed by atoms with Gasteiger partial charge in [0.15, 0.2) is 0 Å². The molecule has 0 spiro atoms. The molecule has 2 rings (SSSR count). The molecule has 1 aliphatic carbocycles. The summed E-state index contributed by atoms with van der Waals surface area (Å²) in [4.78, 5) is 4.13. The van der Waals surface area contributed by atoms with Crippen molar-refractivity contribution in [1.29, 1.82) is 0 Å². The summed E-state index contributed by atoms with van der Waals surface area (Å²) in [5.74, 6) is 2.49. The average Bonchev–Trinajstić information content (AvgIpc) is 2.94. The van der Waals surface area contributed by atoms with E-state index in [1.165, 1.54) is 24.3 Å². The monoisotopic (exact) mass is 308 g/mol. The molecule has 1 saturated carbocycles. The molecule has 0 saturated heterocycles. The third-order valence-electron chi connectivity index (χ3n) is 5.02. The van der Waals surface area contributed by atoms with Crippen molar-refractivity contribution in [1.82, 2.24) is 10.2 Å². The number of hydrogen-bond donors (Lipinski definition) is 1. The van der Waals surface area contributed by atoms with Crippen LogP contribution in [0, 0.1) is 17.8 Å². The third kappa shape index (κ3) is 4.80. The second kappa shape index (κ2) is 8.30. The van der Waals surface area contributed by atoms with Gasteiger partial charge in [-0.2, -0.15) is 0 Å². The van der Waals surface area contributed by atoms with Crippen molar-refractivity contribution in [3.8, 4) is 0 Å². The first-order valence-electron chi connectivity index (χ1n) is 8.62. The van der Waals surface area contributed by atoms with Crippen molar-refractivity contribution in [3.05, 3.63) is 22.4 Å². The minimum atomic E-state index is 0.700. The largest absolute Gasteiger partial charge is 0.314 e. The zero-order chi connectivity index (χ0) is 15.2. The minimum Gasteiger partial charge on any atom is -0.314 e. The van der Waals surface area contributed by atoms with Crippen molar-refractivity contribution in [2.75, 3.05) is 19.6 Å². The van der Waals surface area contributed by atoms with Gasteiger partial charge in [-0.05, 0) is 55.1 Å². The zero-order valence-electron chi connectivity index (χ0n) is 14.1. The molecule has 1 aromatic rings. The van der Waals surface area contributed by atoms with E-state index in [1.54, 1.807) is 0 Å². The van der Waals surface area contributed by atoms with Gasteiger partial charge in [-0.3, -0.25) is 4.90 Å². The van der Waals surface area contributed by atoms with E-state index in [-0.39, 0.29) is 0 Å². The Morgan fingerprint density at radius 3 is 2.71 bits per heavy atom. The second-order valence-electron chi connectivity index (χ2n) is 6.79. The molecule has 1 heterocycles. The van der Waals surface area contributed by atoms with E-state index in [4.69, 9.17) is 0 Å². The Balaban J connectivity index is 1.98. The first-order valence-corrected chi connectivity index (χ1v) is 9.50. The summed E-state index contributed by atoms with van der Waals surface area (Å²) in [5.41, 5.74) is 0. The molecule has 120 valence electrons. The van der Waals surface area contributed by atoms with Crippen LogP contribution in [0.5, 0.6) is 0 Å². The van der Waals surface area contributed by atoms with Crippen LogP contribution in [0.25, 0.3) is 0 Å². The van der Waals surface area contributed by atoms with Crippen LogP contribution in [0.2, 0.25) is 0 Å². The Bertz CT molecular complexity index is 390. The smallest absolute Gasteiger partial charge is 0.0327 e. The maximum atomic E-state index is 3.76. The molecule has 0 radical (unpaired) electrons. The number of rotatable bonds is 7. The molecule has 1 fully saturated rings. The van der Waals surface area contributed by atoms with Gasteiger partial charge in [0.1, 0.15) is 0 Å². The van der Waals surface area contributed by atoms with Crippen LogP contribution < -0.4 is 5.32 Å². The van der Waals surface area contributed by atoms with E-state index in [0.29, 0.717) is 6.04 Å². The van der Waals surface area contributed by atoms with Gasteiger partial charge in [-0.1, -0.05) is 33.8 Å². The summed E-state index contributed by atoms with van der Waals surface area (Å²) in [7, 11) is 0. The van der Waals surface area contributed by atoms with E-state index < -0.39 is 0 Å². The summed E-state index contributed by atoms with van der Waals surface area (Å²) in [6, 6.07) is 5.13. The predicted molar refractivity (Wildman–Crippen MR) is 93.8 cm³/mol. The topological polar surface area (TPSA) is 15.3 Å². The van der Waals surface area contributed by atoms with E-state index >= 15 is 0 Å². The van der Waals surface area contributed by atoms with Gasteiger partial charge < -0.3 is 5.32 Å². The molecule has 0 bridgehead atoms. The highest BCUT2D eigenvalue weighted by molar-refractivity contribution is 7.09. The Morgan fingerprint density at radius 1 is 1.29 bits per heavy atom. The molecule has 0 amide bonds. The Kier molecular flexibility index (Phi) is 6.72. The van der Waals surface area contributed by atoms with Gasteiger partial charge in [0.25, 0.3) is 0 Å². The summed E-state index contributed by atoms with van der Waals surface area (Å²) in [6.45, 7) is 14.0. The molecule has 1 N–H and O–H groups in total. The van der Waals surface area contributed by atoms with E-state index in [0.717, 1.165) is 37.4 Å². The SMILES string of the molecule is CCNC1CC(C)CC(C)C1CN(CC)Cc1cccs1. The lowest BCUT2D eigenvalue weighted by Crippen LogP contribution is -2.48. The van der Waals surface area contributed by atoms with Crippen LogP contribution in [-0.4, -0.2) is 30.6 Å². The molecule has 2 nitrogen and oxygen atoms in total. The highest BCUT2D eigenvalue weighted by atomic mass is 32.1. The van der Waals surface area contributed by atoms with Gasteiger partial charge in [-0.15, -0.1) is 11.3 Å². The zero-order valence-corrected chi connectivity index (χ0v) is 15.0. The molecule has 0 aromatic carbocycles. The van der Waals surface area contributed by atoms with Crippen LogP contribution in [0.4, 0.5) is 0 Å². The van der Waals surface area contributed by atoms with Crippen LogP contribution in [0.1, 0.15) is 45.4 Å². The van der Waals surface area contributed by atoms with Crippen molar-refractivity contribution in [2.45, 2.75) is 53.1 Å². The van der Waals surface area contributed by atoms with Crippen LogP contribution in [0.3, 0.4) is 0 Å². The van der Waals surface area contributed by atoms with E-state index in [9.17, 15) is 0 Å². The number of nitrogens with zero attached hydrogens (tertiary/aromatic N) is 1. The normalized spacial score (nSPS) is 30.0. The summed E-state index contributed by atoms with van der Waals surface area (Å²) in [5, 5.41) is 5.95. The van der Waals surface area contributed by atoms with Crippen molar-refractivity contribution >= 4 is 11.3 Å². The molecule has 1 aromatic heterocycles. The van der Waals surface area contributed by atoms with Gasteiger partial charge in [-0.25, -0.2) is 0 Å². The first-order chi connectivity index (χ1) is 10.1. The highest BCUT2D eigenvalue weighted by Crippen LogP contribution is 2.34. The Labute approximate surface area is 134 Å². The summed E-state index contributed by atoms with van der Waals surface area (Å²) < 4.78 is 0. The number of hydrogen-bond acceptors (Lipinski definition) is 3. The third-order valence-corrected chi connectivity index (χ3v) is 5.88. The predicted octanol–water partition coefficient (Wildman–Crippen LogP) is 4.23. The minimum absolute atomic E-state index is 0.700. The van der Waals surface area contributed by atoms with Gasteiger partial charge in [0, 0.05) is 24.0 Å². The van der Waals surface area contributed by atoms with Gasteiger partial charge >= 0.3 is 0 Å². The fourth-order valence-electron chi connectivity index (χ4n) is 3.94. The summed E-state index contributed by atoms with van der Waals surface area (Å²) in [6.07, 6.45) is 2.74. The fourth-order valence-corrected chi connectivity index (χ4v) is 4.69. The van der Waals surface area contributed by atoms with Crippen LogP contribution >= 0.6 is 11.3 Å². The molecular formula is C18H32N2S. The molecule has 0 aliphatic heterocycles. The van der Waals surface area contributed by atoms with Crippen LogP contribution in [-0.2, 0) is 6.54 Å². The maximum Gasteiger partial charge on any atom is 0.0327 e. The Morgan fingerprint density at radius 2 is 2.10 bits per heavy atom. The molecule has 3 heteroatoms. The standard InChI is InChI=1S/C18H32N2S/c1-5-19-18-11-14(3)10-15(4)17(18)13-20(6-2)12-16-8-7-9-21-16/h7-9,14-15,17-19H,5-6,10-13H2,1-4H3. The molecule has 21 heavy (non-hydrogen) atoms. The maximum absolute atomic E-state index is 3.76. The van der Waals surface area contributed by atoms with Crippen molar-refractivity contribution in [3.63, 3.8) is 0 Å². The highest BCUT2D eigenvalue weighted by Gasteiger charge is 2.34. The number of thiophene rings is 1. The first kappa shape index (κ1) is 17.0. The molecule has 4 atom stereocenters. The molecule has 4 unspecified atom stereocenters. The van der Waals surface area contributed by atoms with E-state index in [2.05, 4.69) is 55.4 Å². The summed E-state index contributed by atoms with van der Waals surface area (Å²) >= 11 is 1.88. The lowest BCUT2D eigenvalue weighted by Gasteiger charge is -2.42. The lowest BCUT2D eigenvalue weighted by atomic mass is 9.72. The van der Waals surface area contributed by atoms with Crippen molar-refractivity contribution < 1.29 is 0 Å². The van der Waals surface area contributed by atoms with Crippen molar-refractivity contribution in [2.24, 2.45) is 17.8 Å². The van der Waals surface area contributed by atoms with Gasteiger partial charge in [0.05, 0.1) is 0 Å². The van der Waals surface area contributed by atoms with E-state index in [1.807, 2.05) is 11.3 Å². The van der Waals surface area contributed by atoms with Crippen LogP contribution in [0.15, 0.2) is 17.5 Å². The average molecular weight is 309 g/mol. The number of nitrogens with one attached hydrogen (secondary N) is 1. The second-order valence-corrected chi connectivity index (χ2v) is 7.82.